The first-order valence-corrected chi connectivity index (χ1v) is 8.59. The lowest BCUT2D eigenvalue weighted by molar-refractivity contribution is 0.357. The fraction of sp³-hybridized carbons (Fsp3) is 0.500. The summed E-state index contributed by atoms with van der Waals surface area (Å²) >= 11 is 0. The van der Waals surface area contributed by atoms with Crippen LogP contribution in [-0.4, -0.2) is 32.4 Å². The molecular formula is C16H22N2O2S. The van der Waals surface area contributed by atoms with Crippen LogP contribution in [0.4, 0.5) is 0 Å². The van der Waals surface area contributed by atoms with Crippen LogP contribution in [-0.2, 0) is 10.0 Å². The molecule has 1 fully saturated rings. The van der Waals surface area contributed by atoms with Crippen LogP contribution in [0.5, 0.6) is 0 Å². The lowest BCUT2D eigenvalue weighted by Gasteiger charge is -2.24. The van der Waals surface area contributed by atoms with E-state index in [0.717, 1.165) is 24.0 Å². The molecule has 0 heterocycles. The van der Waals surface area contributed by atoms with E-state index in [-0.39, 0.29) is 6.04 Å². The number of hydrogen-bond donors (Lipinski definition) is 1. The van der Waals surface area contributed by atoms with Crippen LogP contribution in [0.25, 0.3) is 0 Å². The molecule has 1 aliphatic carbocycles. The minimum atomic E-state index is -3.44. The fourth-order valence-electron chi connectivity index (χ4n) is 2.34. The minimum Gasteiger partial charge on any atom is -0.320 e. The smallest absolute Gasteiger partial charge is 0.243 e. The van der Waals surface area contributed by atoms with Gasteiger partial charge >= 0.3 is 0 Å². The SMILES string of the molecule is Cc1cc(S(=O)(=O)N(C)C(C)C2CC2)ccc1C#CCN. The number of nitrogens with zero attached hydrogens (tertiary/aromatic N) is 1. The molecule has 0 aliphatic heterocycles. The molecule has 0 spiro atoms. The van der Waals surface area contributed by atoms with Gasteiger partial charge in [0.1, 0.15) is 0 Å². The third kappa shape index (κ3) is 3.46. The quantitative estimate of drug-likeness (QED) is 0.862. The first kappa shape index (κ1) is 16.0. The van der Waals surface area contributed by atoms with Gasteiger partial charge in [0.15, 0.2) is 0 Å². The number of rotatable bonds is 4. The maximum absolute atomic E-state index is 12.7. The van der Waals surface area contributed by atoms with E-state index in [1.54, 1.807) is 25.2 Å². The van der Waals surface area contributed by atoms with E-state index in [1.807, 2.05) is 13.8 Å². The minimum absolute atomic E-state index is 0.0482. The summed E-state index contributed by atoms with van der Waals surface area (Å²) in [7, 11) is -1.78. The molecule has 2 N–H and O–H groups in total. The van der Waals surface area contributed by atoms with Crippen LogP contribution in [0.15, 0.2) is 23.1 Å². The Labute approximate surface area is 127 Å². The molecule has 1 aliphatic rings. The van der Waals surface area contributed by atoms with E-state index in [0.29, 0.717) is 17.4 Å². The average Bonchev–Trinajstić information content (AvgIpc) is 3.28. The highest BCUT2D eigenvalue weighted by Gasteiger charge is 2.36. The number of aryl methyl sites for hydroxylation is 1. The normalized spacial score (nSPS) is 16.4. The number of benzene rings is 1. The molecule has 0 radical (unpaired) electrons. The zero-order valence-corrected chi connectivity index (χ0v) is 13.6. The molecule has 1 aromatic rings. The molecule has 1 atom stereocenters. The van der Waals surface area contributed by atoms with Gasteiger partial charge in [-0.1, -0.05) is 11.8 Å². The molecule has 0 bridgehead atoms. The number of nitrogens with two attached hydrogens (primary N) is 1. The van der Waals surface area contributed by atoms with Crippen LogP contribution in [0, 0.1) is 24.7 Å². The van der Waals surface area contributed by atoms with Crippen molar-refractivity contribution in [2.45, 2.75) is 37.6 Å². The summed E-state index contributed by atoms with van der Waals surface area (Å²) in [5.74, 6) is 6.23. The molecule has 0 aromatic heterocycles. The zero-order valence-electron chi connectivity index (χ0n) is 12.8. The first-order chi connectivity index (χ1) is 9.87. The van der Waals surface area contributed by atoms with Gasteiger partial charge in [0.2, 0.25) is 10.0 Å². The van der Waals surface area contributed by atoms with Gasteiger partial charge < -0.3 is 5.73 Å². The second-order valence-corrected chi connectivity index (χ2v) is 7.58. The van der Waals surface area contributed by atoms with Crippen LogP contribution in [0.1, 0.15) is 30.9 Å². The average molecular weight is 306 g/mol. The van der Waals surface area contributed by atoms with E-state index in [4.69, 9.17) is 5.73 Å². The van der Waals surface area contributed by atoms with E-state index in [9.17, 15) is 8.42 Å². The molecular weight excluding hydrogens is 284 g/mol. The van der Waals surface area contributed by atoms with Crippen molar-refractivity contribution >= 4 is 10.0 Å². The Hall–Kier alpha value is -1.35. The Kier molecular flexibility index (Phi) is 4.72. The first-order valence-electron chi connectivity index (χ1n) is 7.15. The lowest BCUT2D eigenvalue weighted by atomic mass is 10.1. The van der Waals surface area contributed by atoms with Crippen molar-refractivity contribution in [2.24, 2.45) is 11.7 Å². The third-order valence-corrected chi connectivity index (χ3v) is 6.02. The monoisotopic (exact) mass is 306 g/mol. The fourth-order valence-corrected chi connectivity index (χ4v) is 3.85. The maximum atomic E-state index is 12.7. The molecule has 1 aromatic carbocycles. The summed E-state index contributed by atoms with van der Waals surface area (Å²) in [6.45, 7) is 4.13. The summed E-state index contributed by atoms with van der Waals surface area (Å²) in [4.78, 5) is 0.327. The Balaban J connectivity index is 2.30. The summed E-state index contributed by atoms with van der Waals surface area (Å²) in [6, 6.07) is 5.11. The Morgan fingerprint density at radius 1 is 1.43 bits per heavy atom. The summed E-state index contributed by atoms with van der Waals surface area (Å²) in [5, 5.41) is 0. The largest absolute Gasteiger partial charge is 0.320 e. The molecule has 0 amide bonds. The van der Waals surface area contributed by atoms with Crippen molar-refractivity contribution in [1.82, 2.24) is 4.31 Å². The van der Waals surface area contributed by atoms with Gasteiger partial charge in [-0.3, -0.25) is 0 Å². The van der Waals surface area contributed by atoms with Crippen molar-refractivity contribution < 1.29 is 8.42 Å². The van der Waals surface area contributed by atoms with Gasteiger partial charge in [-0.15, -0.1) is 0 Å². The highest BCUT2D eigenvalue weighted by atomic mass is 32.2. The topological polar surface area (TPSA) is 63.4 Å². The highest BCUT2D eigenvalue weighted by Crippen LogP contribution is 2.36. The van der Waals surface area contributed by atoms with Crippen LogP contribution >= 0.6 is 0 Å². The van der Waals surface area contributed by atoms with E-state index in [2.05, 4.69) is 11.8 Å². The maximum Gasteiger partial charge on any atom is 0.243 e. The zero-order chi connectivity index (χ0) is 15.6. The van der Waals surface area contributed by atoms with E-state index in [1.165, 1.54) is 4.31 Å². The second-order valence-electron chi connectivity index (χ2n) is 5.58. The van der Waals surface area contributed by atoms with Crippen LogP contribution in [0.2, 0.25) is 0 Å². The van der Waals surface area contributed by atoms with Crippen molar-refractivity contribution in [2.75, 3.05) is 13.6 Å². The third-order valence-electron chi connectivity index (χ3n) is 4.08. The van der Waals surface area contributed by atoms with Gasteiger partial charge in [0.25, 0.3) is 0 Å². The predicted octanol–water partition coefficient (Wildman–Crippen LogP) is 1.72. The summed E-state index contributed by atoms with van der Waals surface area (Å²) < 4.78 is 26.8. The summed E-state index contributed by atoms with van der Waals surface area (Å²) in [6.07, 6.45) is 2.24. The van der Waals surface area contributed by atoms with Crippen molar-refractivity contribution in [3.63, 3.8) is 0 Å². The Morgan fingerprint density at radius 3 is 2.62 bits per heavy atom. The van der Waals surface area contributed by atoms with Crippen molar-refractivity contribution in [3.05, 3.63) is 29.3 Å². The second kappa shape index (κ2) is 6.18. The molecule has 1 unspecified atom stereocenters. The van der Waals surface area contributed by atoms with Crippen molar-refractivity contribution in [1.29, 1.82) is 0 Å². The number of hydrogen-bond acceptors (Lipinski definition) is 3. The molecule has 21 heavy (non-hydrogen) atoms. The molecule has 0 saturated heterocycles. The molecule has 1 saturated carbocycles. The molecule has 4 nitrogen and oxygen atoms in total. The van der Waals surface area contributed by atoms with Gasteiger partial charge in [0.05, 0.1) is 11.4 Å². The van der Waals surface area contributed by atoms with E-state index < -0.39 is 10.0 Å². The number of sulfonamides is 1. The lowest BCUT2D eigenvalue weighted by Crippen LogP contribution is -2.36. The Morgan fingerprint density at radius 2 is 2.10 bits per heavy atom. The van der Waals surface area contributed by atoms with Crippen LogP contribution < -0.4 is 5.73 Å². The molecule has 5 heteroatoms. The highest BCUT2D eigenvalue weighted by molar-refractivity contribution is 7.89. The molecule has 114 valence electrons. The van der Waals surface area contributed by atoms with Crippen LogP contribution in [0.3, 0.4) is 0 Å². The standard InChI is InChI=1S/C16H22N2O2S/c1-12-11-16(9-8-14(12)5-4-10-17)21(19,20)18(3)13(2)15-6-7-15/h8-9,11,13,15H,6-7,10,17H2,1-3H3. The van der Waals surface area contributed by atoms with Gasteiger partial charge in [-0.05, 0) is 56.4 Å². The Bertz CT molecular complexity index is 682. The van der Waals surface area contributed by atoms with Gasteiger partial charge in [-0.2, -0.15) is 4.31 Å². The molecule has 2 rings (SSSR count). The van der Waals surface area contributed by atoms with Gasteiger partial charge in [0, 0.05) is 18.7 Å². The predicted molar refractivity (Wildman–Crippen MR) is 84.2 cm³/mol. The van der Waals surface area contributed by atoms with E-state index >= 15 is 0 Å². The summed E-state index contributed by atoms with van der Waals surface area (Å²) in [5.41, 5.74) is 7.02. The van der Waals surface area contributed by atoms with Crippen molar-refractivity contribution in [3.8, 4) is 11.8 Å². The van der Waals surface area contributed by atoms with Gasteiger partial charge in [-0.25, -0.2) is 8.42 Å².